The lowest BCUT2D eigenvalue weighted by Gasteiger charge is -2.11. The van der Waals surface area contributed by atoms with E-state index in [1.807, 2.05) is 12.1 Å². The number of nitrogens with one attached hydrogen (secondary N) is 2. The number of aryl methyl sites for hydroxylation is 1. The molecule has 2 aromatic rings. The Bertz CT molecular complexity index is 637. The van der Waals surface area contributed by atoms with E-state index in [9.17, 15) is 4.79 Å². The minimum absolute atomic E-state index is 0.126. The second-order valence-electron chi connectivity index (χ2n) is 5.56. The van der Waals surface area contributed by atoms with Gasteiger partial charge in [-0.15, -0.1) is 0 Å². The molecular weight excluding hydrogens is 264 g/mol. The quantitative estimate of drug-likeness (QED) is 0.801. The van der Waals surface area contributed by atoms with E-state index in [-0.39, 0.29) is 11.9 Å². The summed E-state index contributed by atoms with van der Waals surface area (Å²) in [6.07, 6.45) is 3.51. The number of carbonyl (C=O) groups excluding carboxylic acids is 1. The van der Waals surface area contributed by atoms with E-state index in [1.54, 1.807) is 0 Å². The van der Waals surface area contributed by atoms with Gasteiger partial charge in [0.1, 0.15) is 0 Å². The van der Waals surface area contributed by atoms with Crippen LogP contribution in [0.25, 0.3) is 0 Å². The van der Waals surface area contributed by atoms with Crippen molar-refractivity contribution >= 4 is 11.6 Å². The van der Waals surface area contributed by atoms with Crippen LogP contribution in [0.5, 0.6) is 0 Å². The number of H-pyrrole nitrogens is 1. The number of amides is 1. The number of benzene rings is 1. The molecule has 1 aromatic carbocycles. The first-order valence-corrected chi connectivity index (χ1v) is 7.39. The van der Waals surface area contributed by atoms with Gasteiger partial charge in [0.25, 0.3) is 5.91 Å². The minimum Gasteiger partial charge on any atom is -0.395 e. The zero-order valence-electron chi connectivity index (χ0n) is 12.1. The monoisotopic (exact) mass is 284 g/mol. The maximum atomic E-state index is 12.3. The summed E-state index contributed by atoms with van der Waals surface area (Å²) in [6, 6.07) is 8.42. The average molecular weight is 284 g/mol. The first-order valence-electron chi connectivity index (χ1n) is 7.39. The van der Waals surface area contributed by atoms with Crippen LogP contribution in [0.3, 0.4) is 0 Å². The third kappa shape index (κ3) is 2.63. The molecule has 5 heteroatoms. The highest BCUT2D eigenvalue weighted by atomic mass is 16.2. The standard InChI is InChI=1S/C16H20N4O/c1-2-5-13-14(17)15(20-19-13)16(21)18-12-8-10-6-3-4-7-11(10)9-12/h3-4,6-7,12H,2,5,8-9,17H2,1H3,(H,18,21)(H,19,20). The van der Waals surface area contributed by atoms with Gasteiger partial charge < -0.3 is 11.1 Å². The first kappa shape index (κ1) is 13.7. The molecule has 1 aromatic heterocycles. The van der Waals surface area contributed by atoms with Crippen LogP contribution in [0.4, 0.5) is 5.69 Å². The molecule has 0 radical (unpaired) electrons. The van der Waals surface area contributed by atoms with Gasteiger partial charge in [0.2, 0.25) is 0 Å². The van der Waals surface area contributed by atoms with E-state index in [1.165, 1.54) is 11.1 Å². The number of fused-ring (bicyclic) bond motifs is 1. The molecule has 0 saturated heterocycles. The molecule has 110 valence electrons. The third-order valence-corrected chi connectivity index (χ3v) is 3.98. The van der Waals surface area contributed by atoms with Crippen LogP contribution in [0.2, 0.25) is 0 Å². The van der Waals surface area contributed by atoms with Gasteiger partial charge in [-0.2, -0.15) is 5.10 Å². The van der Waals surface area contributed by atoms with Crippen LogP contribution < -0.4 is 11.1 Å². The number of anilines is 1. The summed E-state index contributed by atoms with van der Waals surface area (Å²) in [5.74, 6) is -0.191. The number of nitrogens with two attached hydrogens (primary N) is 1. The van der Waals surface area contributed by atoms with Crippen molar-refractivity contribution in [2.45, 2.75) is 38.6 Å². The van der Waals surface area contributed by atoms with E-state index in [0.29, 0.717) is 11.4 Å². The van der Waals surface area contributed by atoms with Crippen molar-refractivity contribution < 1.29 is 4.79 Å². The van der Waals surface area contributed by atoms with Crippen LogP contribution in [0, 0.1) is 0 Å². The fraction of sp³-hybridized carbons (Fsp3) is 0.375. The van der Waals surface area contributed by atoms with Crippen LogP contribution in [-0.4, -0.2) is 22.1 Å². The maximum absolute atomic E-state index is 12.3. The predicted molar refractivity (Wildman–Crippen MR) is 82.1 cm³/mol. The molecule has 0 atom stereocenters. The summed E-state index contributed by atoms with van der Waals surface area (Å²) in [6.45, 7) is 2.07. The number of rotatable bonds is 4. The molecule has 0 aliphatic heterocycles. The van der Waals surface area contributed by atoms with Crippen LogP contribution in [0.1, 0.15) is 40.7 Å². The third-order valence-electron chi connectivity index (χ3n) is 3.98. The van der Waals surface area contributed by atoms with E-state index in [2.05, 4.69) is 34.6 Å². The average Bonchev–Trinajstić information content (AvgIpc) is 3.03. The normalized spacial score (nSPS) is 14.1. The highest BCUT2D eigenvalue weighted by molar-refractivity contribution is 5.97. The Kier molecular flexibility index (Phi) is 3.64. The molecule has 1 amide bonds. The molecule has 0 saturated carbocycles. The highest BCUT2D eigenvalue weighted by Crippen LogP contribution is 2.22. The lowest BCUT2D eigenvalue weighted by atomic mass is 10.1. The second-order valence-corrected chi connectivity index (χ2v) is 5.56. The van der Waals surface area contributed by atoms with Gasteiger partial charge in [0.15, 0.2) is 5.69 Å². The van der Waals surface area contributed by atoms with E-state index in [0.717, 1.165) is 31.4 Å². The van der Waals surface area contributed by atoms with Crippen LogP contribution >= 0.6 is 0 Å². The molecule has 3 rings (SSSR count). The lowest BCUT2D eigenvalue weighted by molar-refractivity contribution is 0.0934. The van der Waals surface area contributed by atoms with Crippen molar-refractivity contribution in [1.82, 2.24) is 15.5 Å². The van der Waals surface area contributed by atoms with Crippen molar-refractivity contribution in [3.63, 3.8) is 0 Å². The van der Waals surface area contributed by atoms with E-state index < -0.39 is 0 Å². The Balaban J connectivity index is 1.68. The number of hydrogen-bond donors (Lipinski definition) is 3. The zero-order valence-corrected chi connectivity index (χ0v) is 12.1. The number of hydrogen-bond acceptors (Lipinski definition) is 3. The summed E-state index contributed by atoms with van der Waals surface area (Å²) in [4.78, 5) is 12.3. The highest BCUT2D eigenvalue weighted by Gasteiger charge is 2.25. The number of nitrogens with zero attached hydrogens (tertiary/aromatic N) is 1. The van der Waals surface area contributed by atoms with E-state index >= 15 is 0 Å². The van der Waals surface area contributed by atoms with Gasteiger partial charge in [-0.25, -0.2) is 0 Å². The maximum Gasteiger partial charge on any atom is 0.274 e. The Labute approximate surface area is 123 Å². The lowest BCUT2D eigenvalue weighted by Crippen LogP contribution is -2.35. The molecule has 1 heterocycles. The van der Waals surface area contributed by atoms with Gasteiger partial charge in [0, 0.05) is 6.04 Å². The molecule has 0 bridgehead atoms. The number of aromatic amines is 1. The fourth-order valence-corrected chi connectivity index (χ4v) is 2.92. The van der Waals surface area contributed by atoms with Gasteiger partial charge in [0.05, 0.1) is 11.4 Å². The summed E-state index contributed by atoms with van der Waals surface area (Å²) in [5.41, 5.74) is 10.2. The number of aromatic nitrogens is 2. The zero-order chi connectivity index (χ0) is 14.8. The topological polar surface area (TPSA) is 83.8 Å². The van der Waals surface area contributed by atoms with Crippen molar-refractivity contribution in [2.24, 2.45) is 0 Å². The number of nitrogen functional groups attached to an aromatic ring is 1. The molecule has 0 fully saturated rings. The first-order chi connectivity index (χ1) is 10.2. The van der Waals surface area contributed by atoms with E-state index in [4.69, 9.17) is 5.73 Å². The molecule has 4 N–H and O–H groups in total. The summed E-state index contributed by atoms with van der Waals surface area (Å²) < 4.78 is 0. The molecule has 5 nitrogen and oxygen atoms in total. The molecule has 0 unspecified atom stereocenters. The van der Waals surface area contributed by atoms with Crippen molar-refractivity contribution in [3.05, 3.63) is 46.8 Å². The predicted octanol–water partition coefficient (Wildman–Crippen LogP) is 1.84. The molecule has 1 aliphatic rings. The number of carbonyl (C=O) groups is 1. The van der Waals surface area contributed by atoms with Gasteiger partial charge in [-0.05, 0) is 30.4 Å². The summed E-state index contributed by atoms with van der Waals surface area (Å²) in [7, 11) is 0. The fourth-order valence-electron chi connectivity index (χ4n) is 2.92. The Hall–Kier alpha value is -2.30. The minimum atomic E-state index is -0.191. The van der Waals surface area contributed by atoms with Crippen molar-refractivity contribution in [3.8, 4) is 0 Å². The molecule has 1 aliphatic carbocycles. The van der Waals surface area contributed by atoms with Gasteiger partial charge >= 0.3 is 0 Å². The summed E-state index contributed by atoms with van der Waals surface area (Å²) in [5, 5.41) is 9.96. The molecule has 21 heavy (non-hydrogen) atoms. The Morgan fingerprint density at radius 3 is 2.67 bits per heavy atom. The molecule has 0 spiro atoms. The van der Waals surface area contributed by atoms with Crippen molar-refractivity contribution in [2.75, 3.05) is 5.73 Å². The Morgan fingerprint density at radius 1 is 1.38 bits per heavy atom. The SMILES string of the molecule is CCCc1[nH]nc(C(=O)NC2Cc3ccccc3C2)c1N. The molecular formula is C16H20N4O. The summed E-state index contributed by atoms with van der Waals surface area (Å²) >= 11 is 0. The van der Waals surface area contributed by atoms with Gasteiger partial charge in [-0.3, -0.25) is 9.89 Å². The van der Waals surface area contributed by atoms with Crippen molar-refractivity contribution in [1.29, 1.82) is 0 Å². The van der Waals surface area contributed by atoms with Crippen LogP contribution in [-0.2, 0) is 19.3 Å². The van der Waals surface area contributed by atoms with Crippen LogP contribution in [0.15, 0.2) is 24.3 Å². The Morgan fingerprint density at radius 2 is 2.05 bits per heavy atom. The smallest absolute Gasteiger partial charge is 0.274 e. The largest absolute Gasteiger partial charge is 0.395 e. The second kappa shape index (κ2) is 5.60. The van der Waals surface area contributed by atoms with Gasteiger partial charge in [-0.1, -0.05) is 37.6 Å².